The minimum atomic E-state index is -0.0532. The minimum absolute atomic E-state index is 0.0532. The molecule has 0 aliphatic carbocycles. The molecule has 1 N–H and O–H groups in total. The van der Waals surface area contributed by atoms with E-state index in [0.29, 0.717) is 17.2 Å². The summed E-state index contributed by atoms with van der Waals surface area (Å²) in [5.41, 5.74) is 0.593. The molecule has 0 unspecified atom stereocenters. The van der Waals surface area contributed by atoms with E-state index in [1.54, 1.807) is 13.2 Å². The summed E-state index contributed by atoms with van der Waals surface area (Å²) < 4.78 is 6.15. The molecule has 1 saturated heterocycles. The fourth-order valence-electron chi connectivity index (χ4n) is 2.14. The van der Waals surface area contributed by atoms with Gasteiger partial charge in [-0.1, -0.05) is 15.9 Å². The number of ether oxygens (including phenoxy) is 1. The molecule has 1 fully saturated rings. The fourth-order valence-corrected chi connectivity index (χ4v) is 3.68. The van der Waals surface area contributed by atoms with Gasteiger partial charge in [0.15, 0.2) is 0 Å². The molecular formula is C14H18BrNO2S. The lowest BCUT2D eigenvalue weighted by Gasteiger charge is -2.21. The van der Waals surface area contributed by atoms with Gasteiger partial charge in [-0.15, -0.1) is 0 Å². The smallest absolute Gasteiger partial charge is 0.255 e. The quantitative estimate of drug-likeness (QED) is 0.911. The summed E-state index contributed by atoms with van der Waals surface area (Å²) in [6, 6.07) is 5.45. The van der Waals surface area contributed by atoms with E-state index in [1.165, 1.54) is 24.3 Å². The normalized spacial score (nSPS) is 16.1. The SMILES string of the molecule is COc1cc(Br)ccc1C(=O)NCC1CCSCC1. The molecule has 0 spiro atoms. The predicted molar refractivity (Wildman–Crippen MR) is 83.1 cm³/mol. The first-order valence-electron chi connectivity index (χ1n) is 6.40. The molecule has 0 atom stereocenters. The van der Waals surface area contributed by atoms with Crippen LogP contribution in [0.1, 0.15) is 23.2 Å². The van der Waals surface area contributed by atoms with Gasteiger partial charge in [0, 0.05) is 11.0 Å². The first kappa shape index (κ1) is 14.7. The van der Waals surface area contributed by atoms with Crippen LogP contribution in [0.3, 0.4) is 0 Å². The largest absolute Gasteiger partial charge is 0.496 e. The van der Waals surface area contributed by atoms with E-state index in [2.05, 4.69) is 21.2 Å². The van der Waals surface area contributed by atoms with Crippen LogP contribution in [-0.2, 0) is 0 Å². The maximum Gasteiger partial charge on any atom is 0.255 e. The average molecular weight is 344 g/mol. The van der Waals surface area contributed by atoms with Gasteiger partial charge < -0.3 is 10.1 Å². The number of amides is 1. The van der Waals surface area contributed by atoms with Crippen LogP contribution in [0.2, 0.25) is 0 Å². The van der Waals surface area contributed by atoms with Crippen molar-refractivity contribution in [1.82, 2.24) is 5.32 Å². The molecule has 0 radical (unpaired) electrons. The van der Waals surface area contributed by atoms with Crippen LogP contribution in [-0.4, -0.2) is 31.1 Å². The number of methoxy groups -OCH3 is 1. The zero-order valence-electron chi connectivity index (χ0n) is 10.9. The van der Waals surface area contributed by atoms with Gasteiger partial charge in [0.25, 0.3) is 5.91 Å². The number of benzene rings is 1. The molecule has 5 heteroatoms. The third-order valence-electron chi connectivity index (χ3n) is 3.30. The lowest BCUT2D eigenvalue weighted by molar-refractivity contribution is 0.0943. The van der Waals surface area contributed by atoms with E-state index in [9.17, 15) is 4.79 Å². The van der Waals surface area contributed by atoms with Crippen LogP contribution in [0.15, 0.2) is 22.7 Å². The van der Waals surface area contributed by atoms with Gasteiger partial charge in [-0.25, -0.2) is 0 Å². The molecule has 1 aromatic rings. The molecule has 1 aromatic carbocycles. The molecule has 0 bridgehead atoms. The first-order chi connectivity index (χ1) is 9.20. The molecule has 0 saturated carbocycles. The van der Waals surface area contributed by atoms with Gasteiger partial charge in [0.1, 0.15) is 5.75 Å². The van der Waals surface area contributed by atoms with Crippen LogP contribution >= 0.6 is 27.7 Å². The Morgan fingerprint density at radius 1 is 1.47 bits per heavy atom. The van der Waals surface area contributed by atoms with Gasteiger partial charge in [-0.2, -0.15) is 11.8 Å². The molecule has 2 rings (SSSR count). The summed E-state index contributed by atoms with van der Waals surface area (Å²) in [5, 5.41) is 3.02. The van der Waals surface area contributed by atoms with Crippen LogP contribution < -0.4 is 10.1 Å². The molecule has 19 heavy (non-hydrogen) atoms. The maximum atomic E-state index is 12.2. The maximum absolute atomic E-state index is 12.2. The molecule has 1 aliphatic rings. The molecule has 1 heterocycles. The number of hydrogen-bond donors (Lipinski definition) is 1. The van der Waals surface area contributed by atoms with Gasteiger partial charge in [0.2, 0.25) is 0 Å². The number of halogens is 1. The van der Waals surface area contributed by atoms with Crippen LogP contribution in [0.4, 0.5) is 0 Å². The molecule has 104 valence electrons. The van der Waals surface area contributed by atoms with Crippen molar-refractivity contribution in [3.63, 3.8) is 0 Å². The average Bonchev–Trinajstić information content (AvgIpc) is 2.45. The predicted octanol–water partition coefficient (Wildman–Crippen LogP) is 3.33. The Kier molecular flexibility index (Phi) is 5.58. The van der Waals surface area contributed by atoms with Crippen LogP contribution in [0.25, 0.3) is 0 Å². The molecule has 1 amide bonds. The van der Waals surface area contributed by atoms with Crippen LogP contribution in [0.5, 0.6) is 5.75 Å². The highest BCUT2D eigenvalue weighted by Crippen LogP contribution is 2.24. The molecule has 1 aliphatic heterocycles. The lowest BCUT2D eigenvalue weighted by Crippen LogP contribution is -2.31. The first-order valence-corrected chi connectivity index (χ1v) is 8.35. The van der Waals surface area contributed by atoms with E-state index in [-0.39, 0.29) is 5.91 Å². The second kappa shape index (κ2) is 7.20. The van der Waals surface area contributed by atoms with E-state index < -0.39 is 0 Å². The number of hydrogen-bond acceptors (Lipinski definition) is 3. The van der Waals surface area contributed by atoms with E-state index in [1.807, 2.05) is 23.9 Å². The van der Waals surface area contributed by atoms with Crippen molar-refractivity contribution in [2.45, 2.75) is 12.8 Å². The summed E-state index contributed by atoms with van der Waals surface area (Å²) in [5.74, 6) is 3.59. The third-order valence-corrected chi connectivity index (χ3v) is 4.84. The molecule has 0 aromatic heterocycles. The number of rotatable bonds is 4. The molecule has 3 nitrogen and oxygen atoms in total. The minimum Gasteiger partial charge on any atom is -0.496 e. The number of carbonyl (C=O) groups is 1. The van der Waals surface area contributed by atoms with E-state index in [0.717, 1.165) is 11.0 Å². The Hall–Kier alpha value is -0.680. The highest BCUT2D eigenvalue weighted by atomic mass is 79.9. The summed E-state index contributed by atoms with van der Waals surface area (Å²) in [6.07, 6.45) is 2.39. The highest BCUT2D eigenvalue weighted by molar-refractivity contribution is 9.10. The number of carbonyl (C=O) groups excluding carboxylic acids is 1. The summed E-state index contributed by atoms with van der Waals surface area (Å²) in [7, 11) is 1.58. The second-order valence-electron chi connectivity index (χ2n) is 4.61. The topological polar surface area (TPSA) is 38.3 Å². The van der Waals surface area contributed by atoms with Crippen molar-refractivity contribution < 1.29 is 9.53 Å². The van der Waals surface area contributed by atoms with Crippen molar-refractivity contribution in [2.24, 2.45) is 5.92 Å². The summed E-state index contributed by atoms with van der Waals surface area (Å²) in [6.45, 7) is 0.763. The summed E-state index contributed by atoms with van der Waals surface area (Å²) in [4.78, 5) is 12.2. The lowest BCUT2D eigenvalue weighted by atomic mass is 10.0. The Balaban J connectivity index is 1.95. The Labute approximate surface area is 126 Å². The molecular weight excluding hydrogens is 326 g/mol. The zero-order chi connectivity index (χ0) is 13.7. The Morgan fingerprint density at radius 3 is 2.89 bits per heavy atom. The third kappa shape index (κ3) is 4.14. The van der Waals surface area contributed by atoms with Crippen molar-refractivity contribution in [1.29, 1.82) is 0 Å². The fraction of sp³-hybridized carbons (Fsp3) is 0.500. The Morgan fingerprint density at radius 2 is 2.21 bits per heavy atom. The number of nitrogens with one attached hydrogen (secondary N) is 1. The highest BCUT2D eigenvalue weighted by Gasteiger charge is 2.17. The van der Waals surface area contributed by atoms with E-state index >= 15 is 0 Å². The van der Waals surface area contributed by atoms with Crippen molar-refractivity contribution in [3.05, 3.63) is 28.2 Å². The van der Waals surface area contributed by atoms with Crippen molar-refractivity contribution in [3.8, 4) is 5.75 Å². The van der Waals surface area contributed by atoms with Gasteiger partial charge in [-0.05, 0) is 48.5 Å². The van der Waals surface area contributed by atoms with Crippen molar-refractivity contribution in [2.75, 3.05) is 25.2 Å². The van der Waals surface area contributed by atoms with Gasteiger partial charge in [0.05, 0.1) is 12.7 Å². The monoisotopic (exact) mass is 343 g/mol. The second-order valence-corrected chi connectivity index (χ2v) is 6.75. The van der Waals surface area contributed by atoms with Crippen molar-refractivity contribution >= 4 is 33.6 Å². The summed E-state index contributed by atoms with van der Waals surface area (Å²) >= 11 is 5.37. The Bertz CT molecular complexity index is 447. The van der Waals surface area contributed by atoms with Gasteiger partial charge in [-0.3, -0.25) is 4.79 Å². The van der Waals surface area contributed by atoms with Gasteiger partial charge >= 0.3 is 0 Å². The zero-order valence-corrected chi connectivity index (χ0v) is 13.4. The standard InChI is InChI=1S/C14H18BrNO2S/c1-18-13-8-11(15)2-3-12(13)14(17)16-9-10-4-6-19-7-5-10/h2-3,8,10H,4-7,9H2,1H3,(H,16,17). The van der Waals surface area contributed by atoms with E-state index in [4.69, 9.17) is 4.74 Å². The van der Waals surface area contributed by atoms with Crippen LogP contribution in [0, 0.1) is 5.92 Å². The number of thioether (sulfide) groups is 1.